The van der Waals surface area contributed by atoms with Crippen molar-refractivity contribution in [1.29, 1.82) is 0 Å². The minimum absolute atomic E-state index is 0.101. The standard InChI is InChI=1S/C14H18N2O4/c1-2-3-12(17)16(9-8-13(18)19)11-6-4-10(5-7-11)14(15)20/h4-7H,2-3,8-9H2,1H3,(H2,15,20)(H,18,19). The predicted octanol–water partition coefficient (Wildman–Crippen LogP) is 1.39. The van der Waals surface area contributed by atoms with E-state index in [1.807, 2.05) is 6.92 Å². The highest BCUT2D eigenvalue weighted by Gasteiger charge is 2.16. The first-order chi connectivity index (χ1) is 9.45. The molecule has 108 valence electrons. The molecule has 2 amide bonds. The summed E-state index contributed by atoms with van der Waals surface area (Å²) < 4.78 is 0. The number of amides is 2. The van der Waals surface area contributed by atoms with Crippen molar-refractivity contribution in [1.82, 2.24) is 0 Å². The number of primary amides is 1. The first-order valence-corrected chi connectivity index (χ1v) is 6.37. The third-order valence-electron chi connectivity index (χ3n) is 2.78. The number of carboxylic acid groups (broad SMARTS) is 1. The van der Waals surface area contributed by atoms with E-state index in [0.29, 0.717) is 24.1 Å². The molecule has 0 aliphatic carbocycles. The van der Waals surface area contributed by atoms with Crippen molar-refractivity contribution in [2.75, 3.05) is 11.4 Å². The van der Waals surface area contributed by atoms with Crippen LogP contribution in [0.2, 0.25) is 0 Å². The van der Waals surface area contributed by atoms with Crippen LogP contribution in [0.1, 0.15) is 36.5 Å². The highest BCUT2D eigenvalue weighted by atomic mass is 16.4. The molecule has 6 heteroatoms. The van der Waals surface area contributed by atoms with Gasteiger partial charge in [-0.15, -0.1) is 0 Å². The van der Waals surface area contributed by atoms with E-state index in [0.717, 1.165) is 0 Å². The molecule has 0 radical (unpaired) electrons. The highest BCUT2D eigenvalue weighted by molar-refractivity contribution is 5.96. The number of benzene rings is 1. The summed E-state index contributed by atoms with van der Waals surface area (Å²) in [6.07, 6.45) is 0.895. The number of hydrogen-bond donors (Lipinski definition) is 2. The van der Waals surface area contributed by atoms with E-state index in [4.69, 9.17) is 10.8 Å². The van der Waals surface area contributed by atoms with Gasteiger partial charge in [0.15, 0.2) is 0 Å². The summed E-state index contributed by atoms with van der Waals surface area (Å²) in [5.41, 5.74) is 6.06. The number of nitrogens with two attached hydrogens (primary N) is 1. The zero-order valence-corrected chi connectivity index (χ0v) is 11.3. The van der Waals surface area contributed by atoms with Crippen LogP contribution in [-0.4, -0.2) is 29.4 Å². The Morgan fingerprint density at radius 2 is 1.75 bits per heavy atom. The van der Waals surface area contributed by atoms with E-state index < -0.39 is 11.9 Å². The Morgan fingerprint density at radius 3 is 2.20 bits per heavy atom. The number of nitrogens with zero attached hydrogens (tertiary/aromatic N) is 1. The molecule has 0 saturated carbocycles. The van der Waals surface area contributed by atoms with Gasteiger partial charge in [-0.1, -0.05) is 6.92 Å². The minimum Gasteiger partial charge on any atom is -0.481 e. The Bertz CT molecular complexity index is 496. The van der Waals surface area contributed by atoms with Gasteiger partial charge in [0.25, 0.3) is 0 Å². The molecule has 3 N–H and O–H groups in total. The lowest BCUT2D eigenvalue weighted by molar-refractivity contribution is -0.136. The van der Waals surface area contributed by atoms with Gasteiger partial charge in [-0.05, 0) is 30.7 Å². The molecule has 1 aromatic carbocycles. The van der Waals surface area contributed by atoms with Gasteiger partial charge in [-0.2, -0.15) is 0 Å². The molecule has 0 aliphatic rings. The van der Waals surface area contributed by atoms with Crippen LogP contribution < -0.4 is 10.6 Å². The first-order valence-electron chi connectivity index (χ1n) is 6.37. The van der Waals surface area contributed by atoms with Crippen LogP contribution in [0.15, 0.2) is 24.3 Å². The maximum absolute atomic E-state index is 12.0. The SMILES string of the molecule is CCCC(=O)N(CCC(=O)O)c1ccc(C(N)=O)cc1. The summed E-state index contributed by atoms with van der Waals surface area (Å²) in [6, 6.07) is 6.22. The van der Waals surface area contributed by atoms with Gasteiger partial charge in [-0.25, -0.2) is 0 Å². The van der Waals surface area contributed by atoms with Gasteiger partial charge >= 0.3 is 5.97 Å². The summed E-state index contributed by atoms with van der Waals surface area (Å²) in [4.78, 5) is 35.1. The Morgan fingerprint density at radius 1 is 1.15 bits per heavy atom. The fraction of sp³-hybridized carbons (Fsp3) is 0.357. The molecule has 0 saturated heterocycles. The van der Waals surface area contributed by atoms with Crippen molar-refractivity contribution < 1.29 is 19.5 Å². The molecular formula is C14H18N2O4. The number of rotatable bonds is 7. The Hall–Kier alpha value is -2.37. The van der Waals surface area contributed by atoms with Gasteiger partial charge < -0.3 is 15.7 Å². The van der Waals surface area contributed by atoms with Crippen molar-refractivity contribution in [3.63, 3.8) is 0 Å². The number of hydrogen-bond acceptors (Lipinski definition) is 3. The average Bonchev–Trinajstić information content (AvgIpc) is 2.39. The van der Waals surface area contributed by atoms with E-state index in [9.17, 15) is 14.4 Å². The minimum atomic E-state index is -0.965. The molecule has 0 heterocycles. The van der Waals surface area contributed by atoms with Crippen LogP contribution in [-0.2, 0) is 9.59 Å². The molecule has 0 aliphatic heterocycles. The monoisotopic (exact) mass is 278 g/mol. The van der Waals surface area contributed by atoms with Crippen molar-refractivity contribution in [3.8, 4) is 0 Å². The van der Waals surface area contributed by atoms with E-state index in [1.165, 1.54) is 17.0 Å². The molecule has 0 unspecified atom stereocenters. The fourth-order valence-electron chi connectivity index (χ4n) is 1.76. The Balaban J connectivity index is 2.93. The maximum atomic E-state index is 12.0. The number of anilines is 1. The van der Waals surface area contributed by atoms with E-state index in [1.54, 1.807) is 12.1 Å². The third kappa shape index (κ3) is 4.38. The maximum Gasteiger partial charge on any atom is 0.305 e. The fourth-order valence-corrected chi connectivity index (χ4v) is 1.76. The van der Waals surface area contributed by atoms with Crippen LogP contribution in [0.4, 0.5) is 5.69 Å². The van der Waals surface area contributed by atoms with Crippen molar-refractivity contribution in [2.24, 2.45) is 5.73 Å². The molecule has 0 spiro atoms. The lowest BCUT2D eigenvalue weighted by atomic mass is 10.1. The lowest BCUT2D eigenvalue weighted by Gasteiger charge is -2.22. The van der Waals surface area contributed by atoms with Crippen LogP contribution >= 0.6 is 0 Å². The van der Waals surface area contributed by atoms with Crippen molar-refractivity contribution in [3.05, 3.63) is 29.8 Å². The largest absolute Gasteiger partial charge is 0.481 e. The molecule has 20 heavy (non-hydrogen) atoms. The second-order valence-corrected chi connectivity index (χ2v) is 4.35. The highest BCUT2D eigenvalue weighted by Crippen LogP contribution is 2.17. The molecule has 6 nitrogen and oxygen atoms in total. The molecule has 0 aromatic heterocycles. The zero-order chi connectivity index (χ0) is 15.1. The van der Waals surface area contributed by atoms with Crippen molar-refractivity contribution in [2.45, 2.75) is 26.2 Å². The number of carbonyl (C=O) groups excluding carboxylic acids is 2. The van der Waals surface area contributed by atoms with Crippen LogP contribution in [0.3, 0.4) is 0 Å². The number of carboxylic acids is 1. The topological polar surface area (TPSA) is 101 Å². The smallest absolute Gasteiger partial charge is 0.305 e. The van der Waals surface area contributed by atoms with Crippen LogP contribution in [0, 0.1) is 0 Å². The lowest BCUT2D eigenvalue weighted by Crippen LogP contribution is -2.32. The summed E-state index contributed by atoms with van der Waals surface area (Å²) in [5.74, 6) is -1.65. The van der Waals surface area contributed by atoms with Gasteiger partial charge in [0.05, 0.1) is 6.42 Å². The predicted molar refractivity (Wildman–Crippen MR) is 74.5 cm³/mol. The Labute approximate surface area is 117 Å². The molecule has 0 bridgehead atoms. The third-order valence-corrected chi connectivity index (χ3v) is 2.78. The van der Waals surface area contributed by atoms with E-state index >= 15 is 0 Å². The summed E-state index contributed by atoms with van der Waals surface area (Å²) in [7, 11) is 0. The molecular weight excluding hydrogens is 260 g/mol. The zero-order valence-electron chi connectivity index (χ0n) is 11.3. The number of carbonyl (C=O) groups is 3. The van der Waals surface area contributed by atoms with Crippen molar-refractivity contribution >= 4 is 23.5 Å². The molecule has 0 fully saturated rings. The Kier molecular flexibility index (Phi) is 5.71. The number of aliphatic carboxylic acids is 1. The summed E-state index contributed by atoms with van der Waals surface area (Å²) in [5, 5.41) is 8.74. The van der Waals surface area contributed by atoms with Gasteiger partial charge in [0.1, 0.15) is 0 Å². The van der Waals surface area contributed by atoms with Crippen LogP contribution in [0.5, 0.6) is 0 Å². The summed E-state index contributed by atoms with van der Waals surface area (Å²) in [6.45, 7) is 1.98. The van der Waals surface area contributed by atoms with Gasteiger partial charge in [0.2, 0.25) is 11.8 Å². The molecule has 0 atom stereocenters. The molecule has 1 rings (SSSR count). The normalized spacial score (nSPS) is 10.1. The second kappa shape index (κ2) is 7.28. The van der Waals surface area contributed by atoms with E-state index in [2.05, 4.69) is 0 Å². The quantitative estimate of drug-likeness (QED) is 0.787. The molecule has 1 aromatic rings. The van der Waals surface area contributed by atoms with Crippen LogP contribution in [0.25, 0.3) is 0 Å². The second-order valence-electron chi connectivity index (χ2n) is 4.35. The van der Waals surface area contributed by atoms with E-state index in [-0.39, 0.29) is 18.9 Å². The van der Waals surface area contributed by atoms with Gasteiger partial charge in [-0.3, -0.25) is 14.4 Å². The summed E-state index contributed by atoms with van der Waals surface area (Å²) >= 11 is 0. The average molecular weight is 278 g/mol. The first kappa shape index (κ1) is 15.7. The van der Waals surface area contributed by atoms with Gasteiger partial charge in [0, 0.05) is 24.2 Å².